The van der Waals surface area contributed by atoms with Crippen molar-refractivity contribution in [3.63, 3.8) is 0 Å². The quantitative estimate of drug-likeness (QED) is 0.853. The molecular formula is C18H22ClNO3. The van der Waals surface area contributed by atoms with Gasteiger partial charge in [-0.25, -0.2) is 0 Å². The number of aliphatic carboxylic acids is 1. The molecule has 124 valence electrons. The Labute approximate surface area is 141 Å². The number of hydrogen-bond acceptors (Lipinski definition) is 2. The molecule has 0 bridgehead atoms. The van der Waals surface area contributed by atoms with Gasteiger partial charge < -0.3 is 10.0 Å². The van der Waals surface area contributed by atoms with Crippen molar-refractivity contribution in [3.8, 4) is 0 Å². The molecule has 2 fully saturated rings. The number of amides is 1. The summed E-state index contributed by atoms with van der Waals surface area (Å²) >= 11 is 6.28. The van der Waals surface area contributed by atoms with E-state index in [4.69, 9.17) is 11.6 Å². The Kier molecular flexibility index (Phi) is 4.37. The molecule has 3 rings (SSSR count). The van der Waals surface area contributed by atoms with Crippen molar-refractivity contribution in [3.05, 3.63) is 34.9 Å². The van der Waals surface area contributed by atoms with E-state index >= 15 is 0 Å². The van der Waals surface area contributed by atoms with Gasteiger partial charge in [0.1, 0.15) is 0 Å². The highest BCUT2D eigenvalue weighted by molar-refractivity contribution is 6.31. The molecule has 0 spiro atoms. The van der Waals surface area contributed by atoms with Crippen LogP contribution in [0.3, 0.4) is 0 Å². The van der Waals surface area contributed by atoms with Gasteiger partial charge in [0.05, 0.1) is 11.5 Å². The second kappa shape index (κ2) is 6.16. The lowest BCUT2D eigenvalue weighted by Gasteiger charge is -2.40. The number of carbonyl (C=O) groups excluding carboxylic acids is 1. The number of benzene rings is 1. The van der Waals surface area contributed by atoms with Gasteiger partial charge >= 0.3 is 5.97 Å². The van der Waals surface area contributed by atoms with E-state index in [2.05, 4.69) is 0 Å². The molecular weight excluding hydrogens is 314 g/mol. The van der Waals surface area contributed by atoms with Crippen LogP contribution in [0, 0.1) is 5.41 Å². The Balaban J connectivity index is 1.80. The second-order valence-electron chi connectivity index (χ2n) is 6.85. The lowest BCUT2D eigenvalue weighted by Crippen LogP contribution is -2.45. The summed E-state index contributed by atoms with van der Waals surface area (Å²) in [6, 6.07) is 7.64. The maximum Gasteiger partial charge on any atom is 0.310 e. The molecule has 2 saturated carbocycles. The van der Waals surface area contributed by atoms with E-state index < -0.39 is 11.4 Å². The molecule has 0 radical (unpaired) electrons. The molecule has 0 heterocycles. The predicted octanol–water partition coefficient (Wildman–Crippen LogP) is 4.04. The molecule has 1 aromatic carbocycles. The van der Waals surface area contributed by atoms with Crippen LogP contribution in [-0.2, 0) is 9.59 Å². The van der Waals surface area contributed by atoms with Crippen LogP contribution in [0.1, 0.15) is 57.1 Å². The Hall–Kier alpha value is -1.55. The molecule has 23 heavy (non-hydrogen) atoms. The monoisotopic (exact) mass is 335 g/mol. The van der Waals surface area contributed by atoms with E-state index in [1.54, 1.807) is 0 Å². The van der Waals surface area contributed by atoms with Crippen LogP contribution in [0.15, 0.2) is 24.3 Å². The molecule has 0 aliphatic heterocycles. The Morgan fingerprint density at radius 3 is 2.48 bits per heavy atom. The van der Waals surface area contributed by atoms with Crippen molar-refractivity contribution in [1.29, 1.82) is 0 Å². The summed E-state index contributed by atoms with van der Waals surface area (Å²) in [6.45, 7) is 1.98. The summed E-state index contributed by atoms with van der Waals surface area (Å²) in [6.07, 6.45) is 4.18. The summed E-state index contributed by atoms with van der Waals surface area (Å²) in [5.41, 5.74) is 0.0807. The first-order valence-electron chi connectivity index (χ1n) is 8.23. The first kappa shape index (κ1) is 16.3. The Morgan fingerprint density at radius 2 is 2.00 bits per heavy atom. The fourth-order valence-electron chi connectivity index (χ4n) is 3.50. The molecule has 1 aromatic rings. The van der Waals surface area contributed by atoms with Crippen molar-refractivity contribution >= 4 is 23.5 Å². The third-order valence-corrected chi connectivity index (χ3v) is 5.60. The second-order valence-corrected chi connectivity index (χ2v) is 7.25. The minimum Gasteiger partial charge on any atom is -0.481 e. The zero-order valence-corrected chi connectivity index (χ0v) is 14.1. The predicted molar refractivity (Wildman–Crippen MR) is 88.3 cm³/mol. The van der Waals surface area contributed by atoms with Gasteiger partial charge in [0.15, 0.2) is 0 Å². The first-order valence-corrected chi connectivity index (χ1v) is 8.61. The van der Waals surface area contributed by atoms with Crippen LogP contribution in [0.25, 0.3) is 0 Å². The maximum absolute atomic E-state index is 12.9. The van der Waals surface area contributed by atoms with Crippen molar-refractivity contribution in [2.24, 2.45) is 5.41 Å². The van der Waals surface area contributed by atoms with Crippen LogP contribution in [0.4, 0.5) is 0 Å². The third kappa shape index (κ3) is 3.09. The summed E-state index contributed by atoms with van der Waals surface area (Å²) in [7, 11) is 0. The Bertz CT molecular complexity index is 622. The molecule has 2 aliphatic rings. The first-order chi connectivity index (χ1) is 10.9. The highest BCUT2D eigenvalue weighted by atomic mass is 35.5. The van der Waals surface area contributed by atoms with Crippen LogP contribution >= 0.6 is 11.6 Å². The smallest absolute Gasteiger partial charge is 0.310 e. The molecule has 1 N–H and O–H groups in total. The number of rotatable bonds is 6. The van der Waals surface area contributed by atoms with Crippen molar-refractivity contribution in [1.82, 2.24) is 4.90 Å². The fourth-order valence-corrected chi connectivity index (χ4v) is 3.80. The number of carboxylic acids is 1. The fraction of sp³-hybridized carbons (Fsp3) is 0.556. The number of nitrogens with zero attached hydrogens (tertiary/aromatic N) is 1. The van der Waals surface area contributed by atoms with Gasteiger partial charge in [-0.1, -0.05) is 36.2 Å². The highest BCUT2D eigenvalue weighted by Crippen LogP contribution is 2.46. The largest absolute Gasteiger partial charge is 0.481 e. The van der Waals surface area contributed by atoms with E-state index in [1.165, 1.54) is 0 Å². The van der Waals surface area contributed by atoms with Crippen molar-refractivity contribution in [2.45, 2.75) is 57.5 Å². The van der Waals surface area contributed by atoms with Gasteiger partial charge in [-0.15, -0.1) is 0 Å². The molecule has 0 aromatic heterocycles. The molecule has 0 saturated heterocycles. The normalized spacial score (nSPS) is 20.4. The average Bonchev–Trinajstić information content (AvgIpc) is 3.27. The van der Waals surface area contributed by atoms with Gasteiger partial charge in [0.2, 0.25) is 5.91 Å². The zero-order valence-electron chi connectivity index (χ0n) is 13.3. The number of carboxylic acid groups (broad SMARTS) is 1. The van der Waals surface area contributed by atoms with Gasteiger partial charge in [-0.2, -0.15) is 0 Å². The van der Waals surface area contributed by atoms with Crippen LogP contribution in [0.2, 0.25) is 5.02 Å². The summed E-state index contributed by atoms with van der Waals surface area (Å²) < 4.78 is 0. The Morgan fingerprint density at radius 1 is 1.35 bits per heavy atom. The summed E-state index contributed by atoms with van der Waals surface area (Å²) in [5, 5.41) is 10.1. The summed E-state index contributed by atoms with van der Waals surface area (Å²) in [5.74, 6) is -0.889. The highest BCUT2D eigenvalue weighted by Gasteiger charge is 2.48. The van der Waals surface area contributed by atoms with Crippen molar-refractivity contribution < 1.29 is 14.7 Å². The van der Waals surface area contributed by atoms with E-state index in [0.717, 1.165) is 24.8 Å². The van der Waals surface area contributed by atoms with Crippen LogP contribution in [0.5, 0.6) is 0 Å². The van der Waals surface area contributed by atoms with Crippen molar-refractivity contribution in [2.75, 3.05) is 0 Å². The van der Waals surface area contributed by atoms with Gasteiger partial charge in [-0.05, 0) is 44.2 Å². The third-order valence-electron chi connectivity index (χ3n) is 5.25. The van der Waals surface area contributed by atoms with E-state index in [9.17, 15) is 14.7 Å². The number of carbonyl (C=O) groups is 2. The molecule has 2 aliphatic carbocycles. The zero-order chi connectivity index (χ0) is 16.6. The molecule has 1 atom stereocenters. The average molecular weight is 336 g/mol. The topological polar surface area (TPSA) is 57.6 Å². The van der Waals surface area contributed by atoms with Crippen LogP contribution in [-0.4, -0.2) is 27.9 Å². The molecule has 4 nitrogen and oxygen atoms in total. The SMILES string of the molecule is CC(c1ccccc1Cl)N(C(=O)CC1(C(=O)O)CCC1)C1CC1. The van der Waals surface area contributed by atoms with Crippen LogP contribution < -0.4 is 0 Å². The van der Waals surface area contributed by atoms with E-state index in [-0.39, 0.29) is 24.4 Å². The van der Waals surface area contributed by atoms with E-state index in [0.29, 0.717) is 17.9 Å². The summed E-state index contributed by atoms with van der Waals surface area (Å²) in [4.78, 5) is 26.3. The lowest BCUT2D eigenvalue weighted by atomic mass is 9.66. The number of hydrogen-bond donors (Lipinski definition) is 1. The standard InChI is InChI=1S/C18H22ClNO3/c1-12(14-5-2-3-6-15(14)19)20(13-7-8-13)16(21)11-18(17(22)23)9-4-10-18/h2-3,5-6,12-13H,4,7-11H2,1H3,(H,22,23). The van der Waals surface area contributed by atoms with Gasteiger partial charge in [-0.3, -0.25) is 9.59 Å². The van der Waals surface area contributed by atoms with E-state index in [1.807, 2.05) is 36.1 Å². The lowest BCUT2D eigenvalue weighted by molar-refractivity contribution is -0.160. The molecule has 5 heteroatoms. The minimum absolute atomic E-state index is 0.0537. The van der Waals surface area contributed by atoms with Gasteiger partial charge in [0, 0.05) is 17.5 Å². The van der Waals surface area contributed by atoms with Gasteiger partial charge in [0.25, 0.3) is 0 Å². The molecule has 1 unspecified atom stereocenters. The maximum atomic E-state index is 12.9. The minimum atomic E-state index is -0.843. The number of halogens is 1. The molecule has 1 amide bonds.